The van der Waals surface area contributed by atoms with E-state index in [9.17, 15) is 9.18 Å². The molecule has 0 aliphatic carbocycles. The van der Waals surface area contributed by atoms with Crippen LogP contribution in [0.2, 0.25) is 0 Å². The number of amides is 1. The molecule has 0 N–H and O–H groups in total. The molecule has 0 bridgehead atoms. The number of morpholine rings is 1. The Morgan fingerprint density at radius 2 is 1.93 bits per heavy atom. The van der Waals surface area contributed by atoms with E-state index >= 15 is 0 Å². The van der Waals surface area contributed by atoms with E-state index in [1.54, 1.807) is 12.1 Å². The van der Waals surface area contributed by atoms with Crippen LogP contribution in [0.5, 0.6) is 0 Å². The van der Waals surface area contributed by atoms with Gasteiger partial charge >= 0.3 is 0 Å². The quantitative estimate of drug-likeness (QED) is 0.572. The molecule has 0 spiro atoms. The molecule has 1 fully saturated rings. The summed E-state index contributed by atoms with van der Waals surface area (Å²) < 4.78 is 25.1. The predicted molar refractivity (Wildman–Crippen MR) is 107 cm³/mol. The van der Waals surface area contributed by atoms with Crippen LogP contribution < -0.4 is 0 Å². The summed E-state index contributed by atoms with van der Waals surface area (Å²) >= 11 is 3.43. The van der Waals surface area contributed by atoms with Crippen LogP contribution in [0.3, 0.4) is 0 Å². The highest BCUT2D eigenvalue weighted by molar-refractivity contribution is 9.10. The molecule has 29 heavy (non-hydrogen) atoms. The maximum absolute atomic E-state index is 13.0. The van der Waals surface area contributed by atoms with Crippen molar-refractivity contribution in [3.63, 3.8) is 0 Å². The van der Waals surface area contributed by atoms with E-state index in [1.807, 2.05) is 29.2 Å². The van der Waals surface area contributed by atoms with Crippen LogP contribution in [0, 0.1) is 5.82 Å². The lowest BCUT2D eigenvalue weighted by Gasteiger charge is -2.33. The van der Waals surface area contributed by atoms with Gasteiger partial charge in [0.1, 0.15) is 11.9 Å². The predicted octanol–water partition coefficient (Wildman–Crippen LogP) is 4.17. The van der Waals surface area contributed by atoms with Gasteiger partial charge in [0.25, 0.3) is 0 Å². The van der Waals surface area contributed by atoms with Gasteiger partial charge in [-0.25, -0.2) is 4.39 Å². The average molecular weight is 460 g/mol. The number of benzene rings is 2. The summed E-state index contributed by atoms with van der Waals surface area (Å²) in [6.07, 6.45) is 0.500. The standard InChI is InChI=1S/C21H19BrFN3O3/c22-16-5-1-14(2-6-16)18-13-26(11-12-28-18)20(27)10-9-19-24-21(25-29-19)15-3-7-17(23)8-4-15/h1-8,18H,9-13H2. The molecule has 2 aromatic carbocycles. The number of halogens is 2. The van der Waals surface area contributed by atoms with Crippen molar-refractivity contribution < 1.29 is 18.4 Å². The van der Waals surface area contributed by atoms with Gasteiger partial charge < -0.3 is 14.2 Å². The number of carbonyl (C=O) groups excluding carboxylic acids is 1. The van der Waals surface area contributed by atoms with Crippen LogP contribution in [-0.2, 0) is 16.0 Å². The number of hydrogen-bond acceptors (Lipinski definition) is 5. The minimum atomic E-state index is -0.324. The zero-order valence-corrected chi connectivity index (χ0v) is 17.1. The third-order valence-corrected chi connectivity index (χ3v) is 5.31. The van der Waals surface area contributed by atoms with Crippen LogP contribution >= 0.6 is 15.9 Å². The molecular formula is C21H19BrFN3O3. The fourth-order valence-electron chi connectivity index (χ4n) is 3.20. The van der Waals surface area contributed by atoms with Gasteiger partial charge in [0.2, 0.25) is 17.6 Å². The van der Waals surface area contributed by atoms with Crippen molar-refractivity contribution in [3.05, 3.63) is 70.3 Å². The van der Waals surface area contributed by atoms with Crippen LogP contribution in [0.15, 0.2) is 57.5 Å². The highest BCUT2D eigenvalue weighted by atomic mass is 79.9. The van der Waals surface area contributed by atoms with Crippen molar-refractivity contribution in [1.29, 1.82) is 0 Å². The van der Waals surface area contributed by atoms with E-state index in [-0.39, 0.29) is 24.2 Å². The zero-order chi connectivity index (χ0) is 20.2. The summed E-state index contributed by atoms with van der Waals surface area (Å²) in [7, 11) is 0. The smallest absolute Gasteiger partial charge is 0.227 e. The van der Waals surface area contributed by atoms with Crippen molar-refractivity contribution in [2.75, 3.05) is 19.7 Å². The molecule has 6 nitrogen and oxygen atoms in total. The number of hydrogen-bond donors (Lipinski definition) is 0. The molecule has 1 saturated heterocycles. The third kappa shape index (κ3) is 4.89. The maximum Gasteiger partial charge on any atom is 0.227 e. The summed E-state index contributed by atoms with van der Waals surface area (Å²) in [5.41, 5.74) is 1.71. The van der Waals surface area contributed by atoms with E-state index in [0.29, 0.717) is 43.4 Å². The summed E-state index contributed by atoms with van der Waals surface area (Å²) in [5, 5.41) is 3.91. The van der Waals surface area contributed by atoms with E-state index in [2.05, 4.69) is 26.1 Å². The fraction of sp³-hybridized carbons (Fsp3) is 0.286. The molecule has 1 aliphatic rings. The number of nitrogens with zero attached hydrogens (tertiary/aromatic N) is 3. The molecule has 1 unspecified atom stereocenters. The molecule has 1 atom stereocenters. The molecule has 4 rings (SSSR count). The van der Waals surface area contributed by atoms with E-state index in [4.69, 9.17) is 9.26 Å². The first-order valence-corrected chi connectivity index (χ1v) is 10.1. The highest BCUT2D eigenvalue weighted by Crippen LogP contribution is 2.24. The second-order valence-electron chi connectivity index (χ2n) is 6.77. The van der Waals surface area contributed by atoms with Crippen LogP contribution in [0.4, 0.5) is 4.39 Å². The number of ether oxygens (including phenoxy) is 1. The Labute approximate surface area is 175 Å². The second-order valence-corrected chi connectivity index (χ2v) is 7.69. The minimum Gasteiger partial charge on any atom is -0.370 e. The van der Waals surface area contributed by atoms with E-state index in [0.717, 1.165) is 10.0 Å². The normalized spacial score (nSPS) is 16.8. The fourth-order valence-corrected chi connectivity index (χ4v) is 3.46. The molecule has 8 heteroatoms. The lowest BCUT2D eigenvalue weighted by Crippen LogP contribution is -2.42. The Bertz CT molecular complexity index is 976. The van der Waals surface area contributed by atoms with Gasteiger partial charge in [-0.3, -0.25) is 4.79 Å². The van der Waals surface area contributed by atoms with Gasteiger partial charge in [-0.2, -0.15) is 4.98 Å². The van der Waals surface area contributed by atoms with Crippen LogP contribution in [0.1, 0.15) is 24.0 Å². The largest absolute Gasteiger partial charge is 0.370 e. The van der Waals surface area contributed by atoms with Gasteiger partial charge in [0.15, 0.2) is 0 Å². The molecular weight excluding hydrogens is 441 g/mol. The SMILES string of the molecule is O=C(CCc1nc(-c2ccc(F)cc2)no1)N1CCOC(c2ccc(Br)cc2)C1. The minimum absolute atomic E-state index is 0.0249. The van der Waals surface area contributed by atoms with Crippen LogP contribution in [-0.4, -0.2) is 40.6 Å². The Balaban J connectivity index is 1.33. The van der Waals surface area contributed by atoms with Crippen molar-refractivity contribution in [3.8, 4) is 11.4 Å². The maximum atomic E-state index is 13.0. The molecule has 0 saturated carbocycles. The topological polar surface area (TPSA) is 68.5 Å². The summed E-state index contributed by atoms with van der Waals surface area (Å²) in [5.74, 6) is 0.469. The Kier molecular flexibility index (Phi) is 6.01. The van der Waals surface area contributed by atoms with Crippen molar-refractivity contribution in [1.82, 2.24) is 15.0 Å². The van der Waals surface area contributed by atoms with Gasteiger partial charge in [0, 0.05) is 29.4 Å². The molecule has 2 heterocycles. The second kappa shape index (κ2) is 8.84. The number of rotatable bonds is 5. The first kappa shape index (κ1) is 19.7. The highest BCUT2D eigenvalue weighted by Gasteiger charge is 2.25. The zero-order valence-electron chi connectivity index (χ0n) is 15.6. The van der Waals surface area contributed by atoms with E-state index < -0.39 is 0 Å². The first-order valence-electron chi connectivity index (χ1n) is 9.32. The van der Waals surface area contributed by atoms with Crippen molar-refractivity contribution in [2.45, 2.75) is 18.9 Å². The van der Waals surface area contributed by atoms with Crippen molar-refractivity contribution in [2.24, 2.45) is 0 Å². The van der Waals surface area contributed by atoms with Crippen molar-refractivity contribution >= 4 is 21.8 Å². The molecule has 0 radical (unpaired) electrons. The monoisotopic (exact) mass is 459 g/mol. The first-order chi connectivity index (χ1) is 14.1. The van der Waals surface area contributed by atoms with Gasteiger partial charge in [0.05, 0.1) is 13.2 Å². The molecule has 150 valence electrons. The Morgan fingerprint density at radius 1 is 1.17 bits per heavy atom. The Morgan fingerprint density at radius 3 is 2.69 bits per heavy atom. The van der Waals surface area contributed by atoms with Gasteiger partial charge in [-0.05, 0) is 42.0 Å². The number of aryl methyl sites for hydroxylation is 1. The molecule has 1 amide bonds. The molecule has 1 aliphatic heterocycles. The van der Waals surface area contributed by atoms with Gasteiger partial charge in [-0.15, -0.1) is 0 Å². The molecule has 1 aromatic heterocycles. The summed E-state index contributed by atoms with van der Waals surface area (Å²) in [4.78, 5) is 18.8. The van der Waals surface area contributed by atoms with Gasteiger partial charge in [-0.1, -0.05) is 33.2 Å². The lowest BCUT2D eigenvalue weighted by molar-refractivity contribution is -0.139. The third-order valence-electron chi connectivity index (χ3n) is 4.78. The van der Waals surface area contributed by atoms with E-state index in [1.165, 1.54) is 12.1 Å². The Hall–Kier alpha value is -2.58. The summed E-state index contributed by atoms with van der Waals surface area (Å²) in [6, 6.07) is 13.8. The van der Waals surface area contributed by atoms with Crippen LogP contribution in [0.25, 0.3) is 11.4 Å². The summed E-state index contributed by atoms with van der Waals surface area (Å²) in [6.45, 7) is 1.59. The number of aromatic nitrogens is 2. The average Bonchev–Trinajstić information content (AvgIpc) is 3.22. The lowest BCUT2D eigenvalue weighted by atomic mass is 10.1. The number of carbonyl (C=O) groups is 1. The molecule has 3 aromatic rings.